The number of anilines is 1. The number of hydrogen-bond acceptors (Lipinski definition) is 5. The fourth-order valence-corrected chi connectivity index (χ4v) is 2.75. The molecule has 2 N–H and O–H groups in total. The Labute approximate surface area is 151 Å². The number of aromatic nitrogens is 1. The Morgan fingerprint density at radius 2 is 1.73 bits per heavy atom. The van der Waals surface area contributed by atoms with Crippen molar-refractivity contribution in [2.75, 3.05) is 11.9 Å². The molecule has 6 nitrogen and oxygen atoms in total. The zero-order valence-corrected chi connectivity index (χ0v) is 14.3. The van der Waals surface area contributed by atoms with Gasteiger partial charge in [0.1, 0.15) is 0 Å². The fourth-order valence-electron chi connectivity index (χ4n) is 2.75. The van der Waals surface area contributed by atoms with Gasteiger partial charge in [0.15, 0.2) is 0 Å². The monoisotopic (exact) mass is 349 g/mol. The summed E-state index contributed by atoms with van der Waals surface area (Å²) in [6.07, 6.45) is 0.702. The van der Waals surface area contributed by atoms with Crippen LogP contribution in [-0.4, -0.2) is 21.6 Å². The van der Waals surface area contributed by atoms with Crippen molar-refractivity contribution in [1.29, 1.82) is 0 Å². The predicted molar refractivity (Wildman–Crippen MR) is 101 cm³/mol. The van der Waals surface area contributed by atoms with Crippen LogP contribution in [0.25, 0.3) is 11.1 Å². The SMILES string of the molecule is Cc1ccnc(NCC(O)c2ccc(-c3ccccc3)cc2)c1[N+](=O)[O-]. The van der Waals surface area contributed by atoms with Gasteiger partial charge in [0.05, 0.1) is 11.0 Å². The van der Waals surface area contributed by atoms with E-state index < -0.39 is 11.0 Å². The van der Waals surface area contributed by atoms with Crippen LogP contribution in [0.2, 0.25) is 0 Å². The predicted octanol–water partition coefficient (Wildman–Crippen LogP) is 4.11. The first-order valence-electron chi connectivity index (χ1n) is 8.23. The quantitative estimate of drug-likeness (QED) is 0.516. The summed E-state index contributed by atoms with van der Waals surface area (Å²) >= 11 is 0. The molecule has 6 heteroatoms. The van der Waals surface area contributed by atoms with Gasteiger partial charge in [0.25, 0.3) is 0 Å². The number of benzene rings is 2. The summed E-state index contributed by atoms with van der Waals surface area (Å²) in [6.45, 7) is 1.78. The number of nitro groups is 1. The van der Waals surface area contributed by atoms with Crippen molar-refractivity contribution in [3.8, 4) is 11.1 Å². The van der Waals surface area contributed by atoms with E-state index in [1.165, 1.54) is 6.20 Å². The van der Waals surface area contributed by atoms with Crippen LogP contribution in [0.5, 0.6) is 0 Å². The molecular formula is C20H19N3O3. The van der Waals surface area contributed by atoms with Gasteiger partial charge in [0, 0.05) is 18.3 Å². The molecule has 0 saturated heterocycles. The van der Waals surface area contributed by atoms with E-state index in [2.05, 4.69) is 10.3 Å². The largest absolute Gasteiger partial charge is 0.387 e. The van der Waals surface area contributed by atoms with Crippen LogP contribution in [-0.2, 0) is 0 Å². The number of aliphatic hydroxyl groups is 1. The maximum absolute atomic E-state index is 11.2. The average molecular weight is 349 g/mol. The van der Waals surface area contributed by atoms with E-state index in [0.717, 1.165) is 16.7 Å². The zero-order valence-electron chi connectivity index (χ0n) is 14.3. The lowest BCUT2D eigenvalue weighted by Gasteiger charge is -2.14. The summed E-state index contributed by atoms with van der Waals surface area (Å²) in [5.41, 5.74) is 3.34. The van der Waals surface area contributed by atoms with Crippen LogP contribution >= 0.6 is 0 Å². The zero-order chi connectivity index (χ0) is 18.5. The summed E-state index contributed by atoms with van der Waals surface area (Å²) < 4.78 is 0. The first kappa shape index (κ1) is 17.6. The topological polar surface area (TPSA) is 88.3 Å². The van der Waals surface area contributed by atoms with Gasteiger partial charge >= 0.3 is 5.69 Å². The molecule has 26 heavy (non-hydrogen) atoms. The Kier molecular flexibility index (Phi) is 5.24. The van der Waals surface area contributed by atoms with Gasteiger partial charge in [-0.2, -0.15) is 0 Å². The van der Waals surface area contributed by atoms with Gasteiger partial charge in [-0.05, 0) is 29.7 Å². The number of aryl methyl sites for hydroxylation is 1. The molecule has 1 aromatic heterocycles. The second kappa shape index (κ2) is 7.76. The summed E-state index contributed by atoms with van der Waals surface area (Å²) in [4.78, 5) is 14.7. The van der Waals surface area contributed by atoms with E-state index in [0.29, 0.717) is 5.56 Å². The molecule has 0 bridgehead atoms. The lowest BCUT2D eigenvalue weighted by molar-refractivity contribution is -0.384. The number of hydrogen-bond donors (Lipinski definition) is 2. The smallest absolute Gasteiger partial charge is 0.314 e. The number of rotatable bonds is 6. The Hall–Kier alpha value is -3.25. The molecule has 0 aliphatic rings. The molecule has 0 spiro atoms. The highest BCUT2D eigenvalue weighted by Gasteiger charge is 2.19. The van der Waals surface area contributed by atoms with E-state index in [-0.39, 0.29) is 18.1 Å². The minimum atomic E-state index is -0.804. The van der Waals surface area contributed by atoms with Crippen molar-refractivity contribution < 1.29 is 10.0 Å². The van der Waals surface area contributed by atoms with Crippen LogP contribution in [0.15, 0.2) is 66.9 Å². The van der Waals surface area contributed by atoms with Gasteiger partial charge in [-0.1, -0.05) is 54.6 Å². The van der Waals surface area contributed by atoms with Gasteiger partial charge in [-0.25, -0.2) is 4.98 Å². The van der Waals surface area contributed by atoms with E-state index in [1.54, 1.807) is 13.0 Å². The third-order valence-corrected chi connectivity index (χ3v) is 4.17. The number of nitrogens with zero attached hydrogens (tertiary/aromatic N) is 2. The number of aliphatic hydroxyl groups excluding tert-OH is 1. The Morgan fingerprint density at radius 3 is 2.38 bits per heavy atom. The highest BCUT2D eigenvalue weighted by Crippen LogP contribution is 2.27. The Balaban J connectivity index is 1.70. The fraction of sp³-hybridized carbons (Fsp3) is 0.150. The maximum Gasteiger partial charge on any atom is 0.314 e. The molecule has 132 valence electrons. The second-order valence-corrected chi connectivity index (χ2v) is 5.97. The molecule has 2 aromatic carbocycles. The van der Waals surface area contributed by atoms with Crippen LogP contribution in [0.1, 0.15) is 17.2 Å². The molecule has 1 unspecified atom stereocenters. The van der Waals surface area contributed by atoms with Gasteiger partial charge in [0.2, 0.25) is 5.82 Å². The average Bonchev–Trinajstić information content (AvgIpc) is 2.66. The van der Waals surface area contributed by atoms with Crippen molar-refractivity contribution in [2.45, 2.75) is 13.0 Å². The minimum absolute atomic E-state index is 0.0703. The van der Waals surface area contributed by atoms with Crippen molar-refractivity contribution in [1.82, 2.24) is 4.98 Å². The number of pyridine rings is 1. The van der Waals surface area contributed by atoms with Crippen LogP contribution in [0, 0.1) is 17.0 Å². The van der Waals surface area contributed by atoms with Crippen LogP contribution < -0.4 is 5.32 Å². The Morgan fingerprint density at radius 1 is 1.08 bits per heavy atom. The molecule has 0 radical (unpaired) electrons. The van der Waals surface area contributed by atoms with E-state index in [1.807, 2.05) is 54.6 Å². The van der Waals surface area contributed by atoms with E-state index in [9.17, 15) is 15.2 Å². The summed E-state index contributed by atoms with van der Waals surface area (Å²) in [7, 11) is 0. The lowest BCUT2D eigenvalue weighted by atomic mass is 10.0. The highest BCUT2D eigenvalue weighted by molar-refractivity contribution is 5.63. The summed E-state index contributed by atoms with van der Waals surface area (Å²) in [5.74, 6) is 0.162. The molecule has 3 aromatic rings. The first-order chi connectivity index (χ1) is 12.6. The Bertz CT molecular complexity index is 896. The van der Waals surface area contributed by atoms with E-state index >= 15 is 0 Å². The molecule has 0 fully saturated rings. The van der Waals surface area contributed by atoms with Crippen LogP contribution in [0.3, 0.4) is 0 Å². The minimum Gasteiger partial charge on any atom is -0.387 e. The van der Waals surface area contributed by atoms with Crippen molar-refractivity contribution in [3.05, 3.63) is 88.1 Å². The number of nitrogens with one attached hydrogen (secondary N) is 1. The third kappa shape index (κ3) is 3.87. The summed E-state index contributed by atoms with van der Waals surface area (Å²) in [5, 5.41) is 24.5. The van der Waals surface area contributed by atoms with Crippen LogP contribution in [0.4, 0.5) is 11.5 Å². The van der Waals surface area contributed by atoms with Crippen molar-refractivity contribution in [2.24, 2.45) is 0 Å². The molecule has 3 rings (SSSR count). The molecule has 0 aliphatic heterocycles. The molecule has 1 heterocycles. The highest BCUT2D eigenvalue weighted by atomic mass is 16.6. The van der Waals surface area contributed by atoms with Gasteiger partial charge in [-0.15, -0.1) is 0 Å². The third-order valence-electron chi connectivity index (χ3n) is 4.17. The summed E-state index contributed by atoms with van der Waals surface area (Å²) in [6, 6.07) is 19.1. The first-order valence-corrected chi connectivity index (χ1v) is 8.23. The molecule has 0 amide bonds. The van der Waals surface area contributed by atoms with Crippen molar-refractivity contribution >= 4 is 11.5 Å². The van der Waals surface area contributed by atoms with E-state index in [4.69, 9.17) is 0 Å². The molecule has 0 aliphatic carbocycles. The lowest BCUT2D eigenvalue weighted by Crippen LogP contribution is -2.14. The normalized spacial score (nSPS) is 11.8. The van der Waals surface area contributed by atoms with Gasteiger partial charge in [-0.3, -0.25) is 10.1 Å². The van der Waals surface area contributed by atoms with Crippen molar-refractivity contribution in [3.63, 3.8) is 0 Å². The maximum atomic E-state index is 11.2. The molecular weight excluding hydrogens is 330 g/mol. The second-order valence-electron chi connectivity index (χ2n) is 5.97. The molecule has 1 atom stereocenters. The van der Waals surface area contributed by atoms with Gasteiger partial charge < -0.3 is 10.4 Å². The standard InChI is InChI=1S/C20H19N3O3/c1-14-11-12-21-20(19(14)23(25)26)22-13-18(24)17-9-7-16(8-10-17)15-5-3-2-4-6-15/h2-12,18,24H,13H2,1H3,(H,21,22). The molecule has 0 saturated carbocycles.